The Balaban J connectivity index is 2.81. The fourth-order valence-corrected chi connectivity index (χ4v) is 0.899. The second-order valence-electron chi connectivity index (χ2n) is 2.41. The molecule has 0 atom stereocenters. The predicted octanol–water partition coefficient (Wildman–Crippen LogP) is 1.01. The summed E-state index contributed by atoms with van der Waals surface area (Å²) < 4.78 is 17.7. The Bertz CT molecular complexity index is 299. The molecule has 0 heterocycles. The fraction of sp³-hybridized carbons (Fsp3) is 0.222. The third kappa shape index (κ3) is 2.83. The van der Waals surface area contributed by atoms with E-state index in [0.29, 0.717) is 6.29 Å². The molecule has 3 nitrogen and oxygen atoms in total. The molecule has 0 amide bonds. The van der Waals surface area contributed by atoms with Gasteiger partial charge in [0.05, 0.1) is 6.61 Å². The summed E-state index contributed by atoms with van der Waals surface area (Å²) >= 11 is 0. The van der Waals surface area contributed by atoms with Crippen molar-refractivity contribution < 1.29 is 19.0 Å². The SMILES string of the molecule is O=Cc1cc(F)cc(OCCO)c1. The van der Waals surface area contributed by atoms with Crippen LogP contribution in [0.5, 0.6) is 5.75 Å². The number of carbonyl (C=O) groups is 1. The normalized spacial score (nSPS) is 9.69. The molecule has 0 spiro atoms. The summed E-state index contributed by atoms with van der Waals surface area (Å²) in [6.45, 7) is -0.0608. The second kappa shape index (κ2) is 4.57. The van der Waals surface area contributed by atoms with Crippen LogP contribution >= 0.6 is 0 Å². The molecular formula is C9H9FO3. The van der Waals surface area contributed by atoms with Crippen LogP contribution in [0.4, 0.5) is 4.39 Å². The van der Waals surface area contributed by atoms with Crippen LogP contribution in [-0.2, 0) is 0 Å². The molecule has 1 aromatic rings. The van der Waals surface area contributed by atoms with E-state index in [4.69, 9.17) is 9.84 Å². The number of rotatable bonds is 4. The summed E-state index contributed by atoms with van der Waals surface area (Å²) in [5.41, 5.74) is 0.216. The van der Waals surface area contributed by atoms with E-state index in [-0.39, 0.29) is 24.5 Å². The van der Waals surface area contributed by atoms with Crippen molar-refractivity contribution in [1.29, 1.82) is 0 Å². The quantitative estimate of drug-likeness (QED) is 0.710. The average molecular weight is 184 g/mol. The molecule has 0 radical (unpaired) electrons. The molecule has 70 valence electrons. The summed E-state index contributed by atoms with van der Waals surface area (Å²) in [7, 11) is 0. The van der Waals surface area contributed by atoms with Crippen molar-refractivity contribution in [2.24, 2.45) is 0 Å². The van der Waals surface area contributed by atoms with Crippen LogP contribution in [0.3, 0.4) is 0 Å². The zero-order valence-electron chi connectivity index (χ0n) is 6.87. The first-order valence-electron chi connectivity index (χ1n) is 3.75. The first kappa shape index (κ1) is 9.67. The van der Waals surface area contributed by atoms with Crippen molar-refractivity contribution in [1.82, 2.24) is 0 Å². The lowest BCUT2D eigenvalue weighted by atomic mass is 10.2. The molecule has 0 saturated carbocycles. The topological polar surface area (TPSA) is 46.5 Å². The predicted molar refractivity (Wildman–Crippen MR) is 44.4 cm³/mol. The second-order valence-corrected chi connectivity index (χ2v) is 2.41. The molecule has 1 rings (SSSR count). The lowest BCUT2D eigenvalue weighted by Crippen LogP contribution is -2.02. The van der Waals surface area contributed by atoms with E-state index in [1.54, 1.807) is 0 Å². The van der Waals surface area contributed by atoms with Gasteiger partial charge < -0.3 is 9.84 Å². The summed E-state index contributed by atoms with van der Waals surface area (Å²) in [6, 6.07) is 3.67. The molecule has 0 saturated heterocycles. The van der Waals surface area contributed by atoms with Gasteiger partial charge in [-0.2, -0.15) is 0 Å². The lowest BCUT2D eigenvalue weighted by molar-refractivity contribution is 0.112. The van der Waals surface area contributed by atoms with Crippen LogP contribution < -0.4 is 4.74 Å². The molecule has 0 unspecified atom stereocenters. The Kier molecular flexibility index (Phi) is 3.40. The van der Waals surface area contributed by atoms with E-state index in [0.717, 1.165) is 12.1 Å². The maximum atomic E-state index is 12.7. The van der Waals surface area contributed by atoms with Gasteiger partial charge in [0.1, 0.15) is 24.5 Å². The van der Waals surface area contributed by atoms with E-state index in [2.05, 4.69) is 0 Å². The molecule has 1 N–H and O–H groups in total. The van der Waals surface area contributed by atoms with Crippen molar-refractivity contribution in [3.05, 3.63) is 29.6 Å². The molecule has 0 aliphatic carbocycles. The molecule has 0 aliphatic rings. The number of hydrogen-bond donors (Lipinski definition) is 1. The molecule has 0 aromatic heterocycles. The maximum Gasteiger partial charge on any atom is 0.150 e. The highest BCUT2D eigenvalue weighted by Gasteiger charge is 2.00. The number of aliphatic hydroxyl groups is 1. The van der Waals surface area contributed by atoms with E-state index >= 15 is 0 Å². The van der Waals surface area contributed by atoms with E-state index in [1.807, 2.05) is 0 Å². The van der Waals surface area contributed by atoms with E-state index < -0.39 is 5.82 Å². The van der Waals surface area contributed by atoms with Crippen molar-refractivity contribution in [3.63, 3.8) is 0 Å². The van der Waals surface area contributed by atoms with Crippen LogP contribution in [0.25, 0.3) is 0 Å². The Morgan fingerprint density at radius 2 is 2.23 bits per heavy atom. The minimum Gasteiger partial charge on any atom is -0.491 e. The largest absolute Gasteiger partial charge is 0.491 e. The highest BCUT2D eigenvalue weighted by molar-refractivity contribution is 5.75. The maximum absolute atomic E-state index is 12.7. The van der Waals surface area contributed by atoms with Crippen molar-refractivity contribution >= 4 is 6.29 Å². The molecule has 0 fully saturated rings. The molecule has 0 bridgehead atoms. The van der Waals surface area contributed by atoms with Gasteiger partial charge in [-0.1, -0.05) is 0 Å². The van der Waals surface area contributed by atoms with Crippen molar-refractivity contribution in [2.45, 2.75) is 0 Å². The Morgan fingerprint density at radius 3 is 2.85 bits per heavy atom. The van der Waals surface area contributed by atoms with E-state index in [9.17, 15) is 9.18 Å². The van der Waals surface area contributed by atoms with Gasteiger partial charge in [-0.25, -0.2) is 4.39 Å². The summed E-state index contributed by atoms with van der Waals surface area (Å²) in [6.07, 6.45) is 0.537. The zero-order valence-corrected chi connectivity index (χ0v) is 6.87. The van der Waals surface area contributed by atoms with Gasteiger partial charge in [0.25, 0.3) is 0 Å². The number of carbonyl (C=O) groups excluding carboxylic acids is 1. The van der Waals surface area contributed by atoms with Gasteiger partial charge in [-0.15, -0.1) is 0 Å². The number of ether oxygens (including phenoxy) is 1. The summed E-state index contributed by atoms with van der Waals surface area (Å²) in [4.78, 5) is 10.3. The van der Waals surface area contributed by atoms with E-state index in [1.165, 1.54) is 6.07 Å². The van der Waals surface area contributed by atoms with Gasteiger partial charge in [-0.05, 0) is 12.1 Å². The minimum atomic E-state index is -0.530. The molecular weight excluding hydrogens is 175 g/mol. The minimum absolute atomic E-state index is 0.0851. The molecule has 4 heteroatoms. The highest BCUT2D eigenvalue weighted by atomic mass is 19.1. The first-order chi connectivity index (χ1) is 6.26. The highest BCUT2D eigenvalue weighted by Crippen LogP contribution is 2.14. The standard InChI is InChI=1S/C9H9FO3/c10-8-3-7(6-12)4-9(5-8)13-2-1-11/h3-6,11H,1-2H2. The molecule has 13 heavy (non-hydrogen) atoms. The van der Waals surface area contributed by atoms with Crippen LogP contribution in [0.1, 0.15) is 10.4 Å². The molecule has 0 aliphatic heterocycles. The summed E-state index contributed by atoms with van der Waals surface area (Å²) in [5, 5.41) is 8.44. The smallest absolute Gasteiger partial charge is 0.150 e. The third-order valence-electron chi connectivity index (χ3n) is 1.39. The Morgan fingerprint density at radius 1 is 1.46 bits per heavy atom. The first-order valence-corrected chi connectivity index (χ1v) is 3.75. The number of aldehydes is 1. The Hall–Kier alpha value is -1.42. The van der Waals surface area contributed by atoms with Crippen LogP contribution in [0, 0.1) is 5.82 Å². The number of aliphatic hydroxyl groups excluding tert-OH is 1. The van der Waals surface area contributed by atoms with Crippen LogP contribution in [0.15, 0.2) is 18.2 Å². The molecule has 1 aromatic carbocycles. The fourth-order valence-electron chi connectivity index (χ4n) is 0.899. The van der Waals surface area contributed by atoms with Gasteiger partial charge >= 0.3 is 0 Å². The lowest BCUT2D eigenvalue weighted by Gasteiger charge is -2.04. The zero-order chi connectivity index (χ0) is 9.68. The van der Waals surface area contributed by atoms with Gasteiger partial charge in [0.2, 0.25) is 0 Å². The Labute approximate surface area is 74.8 Å². The number of hydrogen-bond acceptors (Lipinski definition) is 3. The average Bonchev–Trinajstić information content (AvgIpc) is 2.14. The number of benzene rings is 1. The van der Waals surface area contributed by atoms with Crippen LogP contribution in [0.2, 0.25) is 0 Å². The monoisotopic (exact) mass is 184 g/mol. The van der Waals surface area contributed by atoms with Crippen molar-refractivity contribution in [2.75, 3.05) is 13.2 Å². The number of halogens is 1. The van der Waals surface area contributed by atoms with Gasteiger partial charge in [0, 0.05) is 11.6 Å². The third-order valence-corrected chi connectivity index (χ3v) is 1.39. The van der Waals surface area contributed by atoms with Crippen molar-refractivity contribution in [3.8, 4) is 5.75 Å². The van der Waals surface area contributed by atoms with Gasteiger partial charge in [-0.3, -0.25) is 4.79 Å². The summed E-state index contributed by atoms with van der Waals surface area (Å²) in [5.74, 6) is -0.284. The van der Waals surface area contributed by atoms with Gasteiger partial charge in [0.15, 0.2) is 0 Å². The van der Waals surface area contributed by atoms with Crippen LogP contribution in [-0.4, -0.2) is 24.6 Å².